The average Bonchev–Trinajstić information content (AvgIpc) is 2.77. The molecule has 2 heterocycles. The Kier molecular flexibility index (Phi) is 2.90. The molecule has 4 bridgehead atoms. The molecule has 1 aromatic rings. The van der Waals surface area contributed by atoms with E-state index >= 15 is 0 Å². The maximum absolute atomic E-state index is 4.85. The number of hydrogen-bond acceptors (Lipinski definition) is 2. The van der Waals surface area contributed by atoms with Crippen LogP contribution in [0.15, 0.2) is 0 Å². The van der Waals surface area contributed by atoms with Crippen molar-refractivity contribution in [2.75, 3.05) is 0 Å². The van der Waals surface area contributed by atoms with Crippen LogP contribution in [0.5, 0.6) is 0 Å². The van der Waals surface area contributed by atoms with E-state index in [0.717, 1.165) is 18.9 Å². The van der Waals surface area contributed by atoms with Gasteiger partial charge in [0.25, 0.3) is 0 Å². The first-order chi connectivity index (χ1) is 11.0. The second kappa shape index (κ2) is 4.61. The zero-order valence-corrected chi connectivity index (χ0v) is 14.9. The third kappa shape index (κ3) is 2.14. The van der Waals surface area contributed by atoms with Crippen LogP contribution in [0, 0.1) is 16.7 Å². The fourth-order valence-electron chi connectivity index (χ4n) is 7.75. The number of rotatable bonds is 1. The molecule has 4 aliphatic carbocycles. The Balaban J connectivity index is 1.59. The van der Waals surface area contributed by atoms with Crippen molar-refractivity contribution in [3.8, 4) is 0 Å². The van der Waals surface area contributed by atoms with Crippen molar-refractivity contribution in [1.82, 2.24) is 14.8 Å². The SMILES string of the molecule is CC12CC3CC(C)(C1)CC(c1nnc4n1CCCCCC4)(C3)C2. The van der Waals surface area contributed by atoms with Crippen LogP contribution in [-0.2, 0) is 18.4 Å². The van der Waals surface area contributed by atoms with Gasteiger partial charge in [-0.1, -0.05) is 26.7 Å². The minimum atomic E-state index is 0.341. The van der Waals surface area contributed by atoms with E-state index in [1.165, 1.54) is 75.9 Å². The molecule has 6 rings (SSSR count). The van der Waals surface area contributed by atoms with Gasteiger partial charge in [-0.05, 0) is 68.1 Å². The normalized spacial score (nSPS) is 45.6. The Bertz CT molecular complexity index is 613. The lowest BCUT2D eigenvalue weighted by molar-refractivity contribution is -0.113. The van der Waals surface area contributed by atoms with E-state index in [4.69, 9.17) is 5.10 Å². The lowest BCUT2D eigenvalue weighted by Crippen LogP contribution is -2.57. The summed E-state index contributed by atoms with van der Waals surface area (Å²) in [6.45, 7) is 6.29. The van der Waals surface area contributed by atoms with Gasteiger partial charge in [0.15, 0.2) is 0 Å². The van der Waals surface area contributed by atoms with Gasteiger partial charge in [0, 0.05) is 18.4 Å². The molecule has 3 nitrogen and oxygen atoms in total. The van der Waals surface area contributed by atoms with Crippen LogP contribution >= 0.6 is 0 Å². The predicted molar refractivity (Wildman–Crippen MR) is 91.3 cm³/mol. The number of aryl methyl sites for hydroxylation is 1. The van der Waals surface area contributed by atoms with Crippen LogP contribution in [0.3, 0.4) is 0 Å². The summed E-state index contributed by atoms with van der Waals surface area (Å²) in [7, 11) is 0. The molecule has 0 radical (unpaired) electrons. The number of hydrogen-bond donors (Lipinski definition) is 0. The number of nitrogens with zero attached hydrogens (tertiary/aromatic N) is 3. The minimum absolute atomic E-state index is 0.341. The van der Waals surface area contributed by atoms with Gasteiger partial charge in [-0.2, -0.15) is 0 Å². The Hall–Kier alpha value is -0.860. The molecule has 126 valence electrons. The molecule has 0 aromatic carbocycles. The summed E-state index contributed by atoms with van der Waals surface area (Å²) in [6, 6.07) is 0. The van der Waals surface area contributed by atoms with E-state index in [0.29, 0.717) is 16.2 Å². The molecule has 1 aromatic heterocycles. The van der Waals surface area contributed by atoms with Gasteiger partial charge in [0.1, 0.15) is 11.6 Å². The van der Waals surface area contributed by atoms with E-state index in [2.05, 4.69) is 23.5 Å². The second-order valence-corrected chi connectivity index (χ2v) is 10.2. The fraction of sp³-hybridized carbons (Fsp3) is 0.900. The molecule has 0 amide bonds. The molecule has 5 aliphatic rings. The summed E-state index contributed by atoms with van der Waals surface area (Å²) in [5.74, 6) is 3.60. The van der Waals surface area contributed by atoms with Gasteiger partial charge in [-0.15, -0.1) is 10.2 Å². The second-order valence-electron chi connectivity index (χ2n) is 10.2. The smallest absolute Gasteiger partial charge is 0.139 e. The monoisotopic (exact) mass is 313 g/mol. The number of aromatic nitrogens is 3. The van der Waals surface area contributed by atoms with Crippen molar-refractivity contribution in [2.24, 2.45) is 16.7 Å². The van der Waals surface area contributed by atoms with Gasteiger partial charge in [-0.3, -0.25) is 0 Å². The summed E-state index contributed by atoms with van der Waals surface area (Å²) < 4.78 is 2.57. The first-order valence-electron chi connectivity index (χ1n) is 9.92. The van der Waals surface area contributed by atoms with Crippen molar-refractivity contribution in [1.29, 1.82) is 0 Å². The maximum Gasteiger partial charge on any atom is 0.139 e. The molecule has 0 spiro atoms. The first-order valence-corrected chi connectivity index (χ1v) is 9.92. The molecule has 23 heavy (non-hydrogen) atoms. The Morgan fingerprint density at radius 3 is 2.35 bits per heavy atom. The van der Waals surface area contributed by atoms with Crippen molar-refractivity contribution in [3.05, 3.63) is 11.6 Å². The van der Waals surface area contributed by atoms with Gasteiger partial charge in [0.05, 0.1) is 0 Å². The van der Waals surface area contributed by atoms with Gasteiger partial charge in [0.2, 0.25) is 0 Å². The van der Waals surface area contributed by atoms with E-state index in [1.54, 1.807) is 0 Å². The van der Waals surface area contributed by atoms with Crippen LogP contribution in [0.2, 0.25) is 0 Å². The van der Waals surface area contributed by atoms with Gasteiger partial charge in [-0.25, -0.2) is 0 Å². The molecule has 3 heteroatoms. The Labute approximate surface area is 140 Å². The molecule has 0 N–H and O–H groups in total. The lowest BCUT2D eigenvalue weighted by atomic mass is 9.40. The summed E-state index contributed by atoms with van der Waals surface area (Å²) >= 11 is 0. The molecule has 1 aliphatic heterocycles. The van der Waals surface area contributed by atoms with E-state index < -0.39 is 0 Å². The molecular formula is C20H31N3. The minimum Gasteiger partial charge on any atom is -0.315 e. The summed E-state index contributed by atoms with van der Waals surface area (Å²) in [5.41, 5.74) is 1.46. The first kappa shape index (κ1) is 14.5. The third-order valence-corrected chi connectivity index (χ3v) is 7.46. The summed E-state index contributed by atoms with van der Waals surface area (Å²) in [4.78, 5) is 0. The fourth-order valence-corrected chi connectivity index (χ4v) is 7.75. The van der Waals surface area contributed by atoms with E-state index in [-0.39, 0.29) is 0 Å². The third-order valence-electron chi connectivity index (χ3n) is 7.46. The van der Waals surface area contributed by atoms with Crippen molar-refractivity contribution >= 4 is 0 Å². The zero-order valence-electron chi connectivity index (χ0n) is 14.9. The van der Waals surface area contributed by atoms with E-state index in [9.17, 15) is 0 Å². The number of fused-ring (bicyclic) bond motifs is 1. The average molecular weight is 313 g/mol. The molecule has 4 saturated carbocycles. The quantitative estimate of drug-likeness (QED) is 0.756. The molecular weight excluding hydrogens is 282 g/mol. The topological polar surface area (TPSA) is 30.7 Å². The highest BCUT2D eigenvalue weighted by Crippen LogP contribution is 2.69. The predicted octanol–water partition coefficient (Wildman–Crippen LogP) is 4.64. The standard InChI is InChI=1S/C20H31N3/c1-18-9-15-10-19(2,12-18)14-20(11-15,13-18)17-22-21-16-7-5-3-4-6-8-23(16)17/h15H,3-14H2,1-2H3. The van der Waals surface area contributed by atoms with Crippen molar-refractivity contribution in [2.45, 2.75) is 96.4 Å². The highest BCUT2D eigenvalue weighted by Gasteiger charge is 2.62. The summed E-state index contributed by atoms with van der Waals surface area (Å²) in [5, 5.41) is 9.52. The Morgan fingerprint density at radius 1 is 0.870 bits per heavy atom. The van der Waals surface area contributed by atoms with Gasteiger partial charge < -0.3 is 4.57 Å². The van der Waals surface area contributed by atoms with Gasteiger partial charge >= 0.3 is 0 Å². The lowest BCUT2D eigenvalue weighted by Gasteiger charge is -2.65. The maximum atomic E-state index is 4.85. The van der Waals surface area contributed by atoms with Crippen LogP contribution in [0.4, 0.5) is 0 Å². The van der Waals surface area contributed by atoms with Crippen LogP contribution in [0.25, 0.3) is 0 Å². The molecule has 4 fully saturated rings. The largest absolute Gasteiger partial charge is 0.315 e. The Morgan fingerprint density at radius 2 is 1.61 bits per heavy atom. The zero-order chi connectivity index (χ0) is 15.7. The van der Waals surface area contributed by atoms with Crippen LogP contribution < -0.4 is 0 Å². The van der Waals surface area contributed by atoms with Crippen molar-refractivity contribution in [3.63, 3.8) is 0 Å². The molecule has 2 atom stereocenters. The highest BCUT2D eigenvalue weighted by molar-refractivity contribution is 5.23. The van der Waals surface area contributed by atoms with Crippen molar-refractivity contribution < 1.29 is 0 Å². The van der Waals surface area contributed by atoms with Crippen LogP contribution in [0.1, 0.15) is 89.7 Å². The molecule has 2 unspecified atom stereocenters. The highest BCUT2D eigenvalue weighted by atomic mass is 15.3. The van der Waals surface area contributed by atoms with Crippen LogP contribution in [-0.4, -0.2) is 14.8 Å². The summed E-state index contributed by atoms with van der Waals surface area (Å²) in [6.07, 6.45) is 15.0. The molecule has 0 saturated heterocycles. The van der Waals surface area contributed by atoms with E-state index in [1.807, 2.05) is 0 Å².